The molecule has 2 heterocycles. The Morgan fingerprint density at radius 2 is 1.47 bits per heavy atom. The molecular formula is C24H37N3O4S. The van der Waals surface area contributed by atoms with Crippen molar-refractivity contribution in [2.24, 2.45) is 0 Å². The zero-order chi connectivity index (χ0) is 22.4. The largest absolute Gasteiger partial charge is 0.379 e. The van der Waals surface area contributed by atoms with E-state index in [1.807, 2.05) is 0 Å². The highest BCUT2D eigenvalue weighted by Gasteiger charge is 2.38. The molecule has 0 unspecified atom stereocenters. The Morgan fingerprint density at radius 1 is 0.875 bits per heavy atom. The molecule has 0 aromatic heterocycles. The molecule has 3 fully saturated rings. The molecule has 1 aliphatic carbocycles. The summed E-state index contributed by atoms with van der Waals surface area (Å²) in [5.74, 6) is -0.137. The van der Waals surface area contributed by atoms with Gasteiger partial charge in [0.15, 0.2) is 0 Å². The summed E-state index contributed by atoms with van der Waals surface area (Å²) in [4.78, 5) is 15.7. The van der Waals surface area contributed by atoms with Crippen LogP contribution in [0.5, 0.6) is 0 Å². The summed E-state index contributed by atoms with van der Waals surface area (Å²) in [7, 11) is -3.50. The van der Waals surface area contributed by atoms with Crippen LogP contribution >= 0.6 is 0 Å². The van der Waals surface area contributed by atoms with Crippen molar-refractivity contribution in [1.82, 2.24) is 14.5 Å². The Morgan fingerprint density at radius 3 is 2.09 bits per heavy atom. The van der Waals surface area contributed by atoms with Gasteiger partial charge in [-0.05, 0) is 49.9 Å². The molecule has 178 valence electrons. The molecule has 1 saturated carbocycles. The molecule has 7 nitrogen and oxygen atoms in total. The summed E-state index contributed by atoms with van der Waals surface area (Å²) in [5, 5.41) is 3.16. The number of carbonyl (C=O) groups is 1. The lowest BCUT2D eigenvalue weighted by atomic mass is 9.79. The number of rotatable bonds is 6. The number of hydrogen-bond acceptors (Lipinski definition) is 5. The second kappa shape index (κ2) is 10.6. The Bertz CT molecular complexity index is 852. The van der Waals surface area contributed by atoms with Crippen LogP contribution in [-0.4, -0.2) is 75.0 Å². The summed E-state index contributed by atoms with van der Waals surface area (Å²) in [6.07, 6.45) is 9.81. The first-order chi connectivity index (χ1) is 15.5. The predicted octanol–water partition coefficient (Wildman–Crippen LogP) is 3.02. The standard InChI is InChI=1S/C24H37N3O4S/c28-23(25-20-24(12-4-3-5-13-24)26-16-18-31-19-17-26)21-8-10-22(11-9-21)32(29,30)27-14-6-1-2-7-15-27/h8-11H,1-7,12-20H2,(H,25,28). The van der Waals surface area contributed by atoms with Crippen LogP contribution < -0.4 is 5.32 Å². The summed E-state index contributed by atoms with van der Waals surface area (Å²) in [5.41, 5.74) is 0.515. The number of benzene rings is 1. The molecule has 1 aromatic carbocycles. The molecule has 0 bridgehead atoms. The normalized spacial score (nSPS) is 23.4. The molecule has 0 atom stereocenters. The number of hydrogen-bond donors (Lipinski definition) is 1. The van der Waals surface area contributed by atoms with Crippen molar-refractivity contribution in [1.29, 1.82) is 0 Å². The average Bonchev–Trinajstić information content (AvgIpc) is 3.14. The second-order valence-electron chi connectivity index (χ2n) is 9.41. The fourth-order valence-electron chi connectivity index (χ4n) is 5.41. The Balaban J connectivity index is 1.41. The van der Waals surface area contributed by atoms with E-state index in [-0.39, 0.29) is 16.3 Å². The average molecular weight is 464 g/mol. The van der Waals surface area contributed by atoms with Gasteiger partial charge < -0.3 is 10.1 Å². The van der Waals surface area contributed by atoms with Gasteiger partial charge in [-0.15, -0.1) is 0 Å². The lowest BCUT2D eigenvalue weighted by Crippen LogP contribution is -2.59. The maximum absolute atomic E-state index is 13.0. The van der Waals surface area contributed by atoms with Gasteiger partial charge in [0.2, 0.25) is 10.0 Å². The molecule has 0 spiro atoms. The van der Waals surface area contributed by atoms with Crippen molar-refractivity contribution in [2.75, 3.05) is 45.9 Å². The first-order valence-electron chi connectivity index (χ1n) is 12.2. The van der Waals surface area contributed by atoms with E-state index < -0.39 is 10.0 Å². The molecule has 0 radical (unpaired) electrons. The van der Waals surface area contributed by atoms with Crippen LogP contribution in [0.3, 0.4) is 0 Å². The molecule has 2 aliphatic heterocycles. The molecule has 1 N–H and O–H groups in total. The maximum atomic E-state index is 13.0. The molecule has 2 saturated heterocycles. The fourth-order valence-corrected chi connectivity index (χ4v) is 6.93. The minimum Gasteiger partial charge on any atom is -0.379 e. The first-order valence-corrected chi connectivity index (χ1v) is 13.7. The SMILES string of the molecule is O=C(NCC1(N2CCOCC2)CCCCC1)c1ccc(S(=O)(=O)N2CCCCCC2)cc1. The van der Waals surface area contributed by atoms with Gasteiger partial charge in [-0.3, -0.25) is 9.69 Å². The van der Waals surface area contributed by atoms with E-state index >= 15 is 0 Å². The summed E-state index contributed by atoms with van der Waals surface area (Å²) < 4.78 is 33.1. The molecular weight excluding hydrogens is 426 g/mol. The van der Waals surface area contributed by atoms with Crippen molar-refractivity contribution in [3.05, 3.63) is 29.8 Å². The topological polar surface area (TPSA) is 79.0 Å². The van der Waals surface area contributed by atoms with Gasteiger partial charge in [-0.2, -0.15) is 4.31 Å². The Kier molecular flexibility index (Phi) is 7.87. The minimum atomic E-state index is -3.50. The predicted molar refractivity (Wildman–Crippen MR) is 124 cm³/mol. The zero-order valence-electron chi connectivity index (χ0n) is 19.1. The zero-order valence-corrected chi connectivity index (χ0v) is 19.9. The Hall–Kier alpha value is -1.48. The monoisotopic (exact) mass is 463 g/mol. The number of nitrogens with one attached hydrogen (secondary N) is 1. The minimum absolute atomic E-state index is 0.00768. The maximum Gasteiger partial charge on any atom is 0.251 e. The van der Waals surface area contributed by atoms with Gasteiger partial charge in [-0.1, -0.05) is 32.1 Å². The van der Waals surface area contributed by atoms with E-state index in [0.717, 1.165) is 64.8 Å². The highest BCUT2D eigenvalue weighted by molar-refractivity contribution is 7.89. The van der Waals surface area contributed by atoms with Gasteiger partial charge in [0.25, 0.3) is 5.91 Å². The van der Waals surface area contributed by atoms with E-state index in [0.29, 0.717) is 25.2 Å². The lowest BCUT2D eigenvalue weighted by Gasteiger charge is -2.48. The molecule has 4 rings (SSSR count). The lowest BCUT2D eigenvalue weighted by molar-refractivity contribution is -0.0361. The number of carbonyl (C=O) groups excluding carboxylic acids is 1. The summed E-state index contributed by atoms with van der Waals surface area (Å²) in [6.45, 7) is 5.12. The molecule has 32 heavy (non-hydrogen) atoms. The van der Waals surface area contributed by atoms with E-state index in [4.69, 9.17) is 4.74 Å². The third kappa shape index (κ3) is 5.35. The van der Waals surface area contributed by atoms with E-state index in [1.165, 1.54) is 19.3 Å². The van der Waals surface area contributed by atoms with Gasteiger partial charge in [0, 0.05) is 43.8 Å². The van der Waals surface area contributed by atoms with Crippen LogP contribution in [0, 0.1) is 0 Å². The third-order valence-corrected chi connectivity index (χ3v) is 9.28. The number of amides is 1. The van der Waals surface area contributed by atoms with E-state index in [1.54, 1.807) is 28.6 Å². The van der Waals surface area contributed by atoms with Crippen molar-refractivity contribution in [2.45, 2.75) is 68.2 Å². The van der Waals surface area contributed by atoms with Crippen molar-refractivity contribution < 1.29 is 17.9 Å². The highest BCUT2D eigenvalue weighted by atomic mass is 32.2. The van der Waals surface area contributed by atoms with Crippen LogP contribution in [0.2, 0.25) is 0 Å². The van der Waals surface area contributed by atoms with E-state index in [9.17, 15) is 13.2 Å². The quantitative estimate of drug-likeness (QED) is 0.702. The number of ether oxygens (including phenoxy) is 1. The second-order valence-corrected chi connectivity index (χ2v) is 11.3. The van der Waals surface area contributed by atoms with Crippen molar-refractivity contribution >= 4 is 15.9 Å². The molecule has 8 heteroatoms. The van der Waals surface area contributed by atoms with Crippen LogP contribution in [0.4, 0.5) is 0 Å². The van der Waals surface area contributed by atoms with Crippen LogP contribution in [0.1, 0.15) is 68.1 Å². The molecule has 1 aromatic rings. The number of sulfonamides is 1. The molecule has 1 amide bonds. The van der Waals surface area contributed by atoms with E-state index in [2.05, 4.69) is 10.2 Å². The van der Waals surface area contributed by atoms with Gasteiger partial charge in [0.05, 0.1) is 18.1 Å². The first kappa shape index (κ1) is 23.7. The Labute approximate surface area is 192 Å². The van der Waals surface area contributed by atoms with Crippen molar-refractivity contribution in [3.8, 4) is 0 Å². The number of nitrogens with zero attached hydrogens (tertiary/aromatic N) is 2. The van der Waals surface area contributed by atoms with Gasteiger partial charge in [-0.25, -0.2) is 8.42 Å². The van der Waals surface area contributed by atoms with Crippen LogP contribution in [0.15, 0.2) is 29.2 Å². The number of morpholine rings is 1. The van der Waals surface area contributed by atoms with Gasteiger partial charge >= 0.3 is 0 Å². The summed E-state index contributed by atoms with van der Waals surface area (Å²) in [6, 6.07) is 6.44. The van der Waals surface area contributed by atoms with Gasteiger partial charge in [0.1, 0.15) is 0 Å². The third-order valence-electron chi connectivity index (χ3n) is 7.36. The fraction of sp³-hybridized carbons (Fsp3) is 0.708. The van der Waals surface area contributed by atoms with Crippen LogP contribution in [-0.2, 0) is 14.8 Å². The smallest absolute Gasteiger partial charge is 0.251 e. The van der Waals surface area contributed by atoms with Crippen molar-refractivity contribution in [3.63, 3.8) is 0 Å². The van der Waals surface area contributed by atoms with Crippen LogP contribution in [0.25, 0.3) is 0 Å². The summed E-state index contributed by atoms with van der Waals surface area (Å²) >= 11 is 0. The highest BCUT2D eigenvalue weighted by Crippen LogP contribution is 2.34. The molecule has 3 aliphatic rings.